The quantitative estimate of drug-likeness (QED) is 0.833. The van der Waals surface area contributed by atoms with Crippen LogP contribution in [-0.4, -0.2) is 18.1 Å². The Balaban J connectivity index is 2.22. The molecule has 0 fully saturated rings. The van der Waals surface area contributed by atoms with E-state index in [9.17, 15) is 0 Å². The molecule has 0 radical (unpaired) electrons. The zero-order chi connectivity index (χ0) is 14.4. The van der Waals surface area contributed by atoms with E-state index in [1.165, 1.54) is 0 Å². The highest BCUT2D eigenvalue weighted by atomic mass is 16.5. The average molecular weight is 272 g/mol. The molecule has 3 nitrogen and oxygen atoms in total. The lowest BCUT2D eigenvalue weighted by molar-refractivity contribution is 0.320. The predicted octanol–water partition coefficient (Wildman–Crippen LogP) is 3.77. The van der Waals surface area contributed by atoms with Gasteiger partial charge in [-0.3, -0.25) is 4.98 Å². The molecule has 1 N–H and O–H groups in total. The summed E-state index contributed by atoms with van der Waals surface area (Å²) < 4.78 is 5.87. The van der Waals surface area contributed by atoms with Crippen LogP contribution in [0.2, 0.25) is 0 Å². The Morgan fingerprint density at radius 1 is 1.25 bits per heavy atom. The zero-order valence-electron chi connectivity index (χ0n) is 12.6. The van der Waals surface area contributed by atoms with Crippen molar-refractivity contribution in [2.45, 2.75) is 33.7 Å². The van der Waals surface area contributed by atoms with Crippen molar-refractivity contribution in [2.75, 3.05) is 13.2 Å². The SMILES string of the molecule is CCCOc1cc(CNCC(C)C)nc2ccccc12. The van der Waals surface area contributed by atoms with Gasteiger partial charge in [-0.1, -0.05) is 32.9 Å². The maximum absolute atomic E-state index is 5.87. The van der Waals surface area contributed by atoms with Gasteiger partial charge in [0.25, 0.3) is 0 Å². The lowest BCUT2D eigenvalue weighted by atomic mass is 10.1. The van der Waals surface area contributed by atoms with Crippen molar-refractivity contribution in [2.24, 2.45) is 5.92 Å². The molecule has 2 aromatic rings. The van der Waals surface area contributed by atoms with Crippen molar-refractivity contribution in [1.82, 2.24) is 10.3 Å². The third-order valence-corrected chi connectivity index (χ3v) is 3.05. The Kier molecular flexibility index (Phi) is 5.36. The van der Waals surface area contributed by atoms with Crippen molar-refractivity contribution in [3.05, 3.63) is 36.0 Å². The number of benzene rings is 1. The standard InChI is InChI=1S/C17H24N2O/c1-4-9-20-17-10-14(12-18-11-13(2)3)19-16-8-6-5-7-15(16)17/h5-8,10,13,18H,4,9,11-12H2,1-3H3. The number of hydrogen-bond acceptors (Lipinski definition) is 3. The van der Waals surface area contributed by atoms with Gasteiger partial charge < -0.3 is 10.1 Å². The third kappa shape index (κ3) is 3.94. The number of pyridine rings is 1. The van der Waals surface area contributed by atoms with Crippen LogP contribution in [0.25, 0.3) is 10.9 Å². The van der Waals surface area contributed by atoms with Crippen LogP contribution in [0.3, 0.4) is 0 Å². The van der Waals surface area contributed by atoms with Crippen LogP contribution in [0.5, 0.6) is 5.75 Å². The largest absolute Gasteiger partial charge is 0.493 e. The summed E-state index contributed by atoms with van der Waals surface area (Å²) in [6.45, 7) is 9.06. The van der Waals surface area contributed by atoms with Gasteiger partial charge in [-0.05, 0) is 31.0 Å². The summed E-state index contributed by atoms with van der Waals surface area (Å²) in [5, 5.41) is 4.52. The van der Waals surface area contributed by atoms with E-state index in [1.807, 2.05) is 18.2 Å². The van der Waals surface area contributed by atoms with Gasteiger partial charge in [0.15, 0.2) is 0 Å². The Bertz CT molecular complexity index is 552. The van der Waals surface area contributed by atoms with Crippen molar-refractivity contribution in [3.63, 3.8) is 0 Å². The number of rotatable bonds is 7. The molecule has 0 unspecified atom stereocenters. The fourth-order valence-corrected chi connectivity index (χ4v) is 2.11. The van der Waals surface area contributed by atoms with Crippen molar-refractivity contribution in [3.8, 4) is 5.75 Å². The number of aromatic nitrogens is 1. The molecule has 0 bridgehead atoms. The minimum Gasteiger partial charge on any atom is -0.493 e. The summed E-state index contributed by atoms with van der Waals surface area (Å²) in [6.07, 6.45) is 1.01. The second-order valence-corrected chi connectivity index (χ2v) is 5.50. The Labute approximate surface area is 121 Å². The topological polar surface area (TPSA) is 34.1 Å². The van der Waals surface area contributed by atoms with Crippen LogP contribution < -0.4 is 10.1 Å². The minimum atomic E-state index is 0.645. The first kappa shape index (κ1) is 14.8. The van der Waals surface area contributed by atoms with Gasteiger partial charge in [-0.25, -0.2) is 0 Å². The molecular weight excluding hydrogens is 248 g/mol. The van der Waals surface area contributed by atoms with E-state index in [2.05, 4.69) is 38.2 Å². The molecule has 1 aromatic heterocycles. The molecule has 2 rings (SSSR count). The van der Waals surface area contributed by atoms with Gasteiger partial charge >= 0.3 is 0 Å². The fourth-order valence-electron chi connectivity index (χ4n) is 2.11. The highest BCUT2D eigenvalue weighted by Gasteiger charge is 2.06. The van der Waals surface area contributed by atoms with Gasteiger partial charge in [0.2, 0.25) is 0 Å². The summed E-state index contributed by atoms with van der Waals surface area (Å²) in [6, 6.07) is 10.2. The summed E-state index contributed by atoms with van der Waals surface area (Å²) in [5.74, 6) is 1.59. The number of ether oxygens (including phenoxy) is 1. The minimum absolute atomic E-state index is 0.645. The molecule has 0 spiro atoms. The van der Waals surface area contributed by atoms with Crippen LogP contribution >= 0.6 is 0 Å². The van der Waals surface area contributed by atoms with Crippen molar-refractivity contribution in [1.29, 1.82) is 0 Å². The normalized spacial score (nSPS) is 11.2. The first-order chi connectivity index (χ1) is 9.70. The van der Waals surface area contributed by atoms with Crippen LogP contribution in [0.4, 0.5) is 0 Å². The molecule has 0 saturated heterocycles. The molecule has 0 aliphatic rings. The number of nitrogens with one attached hydrogen (secondary N) is 1. The van der Waals surface area contributed by atoms with E-state index >= 15 is 0 Å². The van der Waals surface area contributed by atoms with E-state index in [0.29, 0.717) is 5.92 Å². The van der Waals surface area contributed by atoms with Gasteiger partial charge in [0, 0.05) is 18.0 Å². The number of hydrogen-bond donors (Lipinski definition) is 1. The summed E-state index contributed by atoms with van der Waals surface area (Å²) in [5.41, 5.74) is 2.04. The summed E-state index contributed by atoms with van der Waals surface area (Å²) in [7, 11) is 0. The van der Waals surface area contributed by atoms with Crippen molar-refractivity contribution >= 4 is 10.9 Å². The number of nitrogens with zero attached hydrogens (tertiary/aromatic N) is 1. The molecule has 1 aromatic carbocycles. The summed E-state index contributed by atoms with van der Waals surface area (Å²) >= 11 is 0. The first-order valence-electron chi connectivity index (χ1n) is 7.43. The molecule has 0 saturated carbocycles. The van der Waals surface area contributed by atoms with Gasteiger partial charge in [-0.2, -0.15) is 0 Å². The van der Waals surface area contributed by atoms with Crippen LogP contribution in [0.15, 0.2) is 30.3 Å². The highest BCUT2D eigenvalue weighted by molar-refractivity contribution is 5.85. The molecule has 3 heteroatoms. The van der Waals surface area contributed by atoms with Gasteiger partial charge in [0.05, 0.1) is 17.8 Å². The molecule has 1 heterocycles. The van der Waals surface area contributed by atoms with E-state index in [0.717, 1.165) is 48.5 Å². The van der Waals surface area contributed by atoms with Crippen LogP contribution in [-0.2, 0) is 6.54 Å². The number of para-hydroxylation sites is 1. The fraction of sp³-hybridized carbons (Fsp3) is 0.471. The molecule has 20 heavy (non-hydrogen) atoms. The third-order valence-electron chi connectivity index (χ3n) is 3.05. The monoisotopic (exact) mass is 272 g/mol. The first-order valence-corrected chi connectivity index (χ1v) is 7.43. The van der Waals surface area contributed by atoms with Crippen LogP contribution in [0.1, 0.15) is 32.9 Å². The van der Waals surface area contributed by atoms with Crippen molar-refractivity contribution < 1.29 is 4.74 Å². The molecular formula is C17H24N2O. The molecule has 0 aliphatic carbocycles. The second kappa shape index (κ2) is 7.25. The van der Waals surface area contributed by atoms with Crippen LogP contribution in [0, 0.1) is 5.92 Å². The van der Waals surface area contributed by atoms with E-state index in [4.69, 9.17) is 9.72 Å². The maximum atomic E-state index is 5.87. The molecule has 0 aliphatic heterocycles. The Hall–Kier alpha value is -1.61. The average Bonchev–Trinajstić information content (AvgIpc) is 2.44. The number of fused-ring (bicyclic) bond motifs is 1. The highest BCUT2D eigenvalue weighted by Crippen LogP contribution is 2.25. The molecule has 108 valence electrons. The van der Waals surface area contributed by atoms with Gasteiger partial charge in [0.1, 0.15) is 5.75 Å². The Morgan fingerprint density at radius 3 is 2.80 bits per heavy atom. The van der Waals surface area contributed by atoms with E-state index < -0.39 is 0 Å². The lowest BCUT2D eigenvalue weighted by Gasteiger charge is -2.12. The molecule has 0 amide bonds. The lowest BCUT2D eigenvalue weighted by Crippen LogP contribution is -2.19. The predicted molar refractivity (Wildman–Crippen MR) is 84.1 cm³/mol. The smallest absolute Gasteiger partial charge is 0.130 e. The maximum Gasteiger partial charge on any atom is 0.130 e. The summed E-state index contributed by atoms with van der Waals surface area (Å²) in [4.78, 5) is 4.70. The van der Waals surface area contributed by atoms with E-state index in [-0.39, 0.29) is 0 Å². The Morgan fingerprint density at radius 2 is 2.05 bits per heavy atom. The second-order valence-electron chi connectivity index (χ2n) is 5.50. The zero-order valence-corrected chi connectivity index (χ0v) is 12.6. The van der Waals surface area contributed by atoms with E-state index in [1.54, 1.807) is 0 Å². The molecule has 0 atom stereocenters. The van der Waals surface area contributed by atoms with Gasteiger partial charge in [-0.15, -0.1) is 0 Å².